The molecule has 0 spiro atoms. The number of fused-ring (bicyclic) bond motifs is 1. The van der Waals surface area contributed by atoms with Crippen molar-refractivity contribution in [2.75, 3.05) is 5.32 Å². The van der Waals surface area contributed by atoms with E-state index in [1.54, 1.807) is 36.0 Å². The molecule has 0 saturated carbocycles. The van der Waals surface area contributed by atoms with E-state index in [0.29, 0.717) is 17.5 Å². The maximum Gasteiger partial charge on any atom is 0.269 e. The molecule has 4 aromatic heterocycles. The molecule has 5 rings (SSSR count). The Hall–Kier alpha value is -4.19. The Kier molecular flexibility index (Phi) is 6.20. The normalized spacial score (nSPS) is 12.7. The molecular weight excluding hydrogens is 500 g/mol. The van der Waals surface area contributed by atoms with E-state index < -0.39 is 27.7 Å². The molecule has 0 aliphatic rings. The first-order chi connectivity index (χ1) is 17.6. The van der Waals surface area contributed by atoms with Crippen molar-refractivity contribution >= 4 is 27.0 Å². The van der Waals surface area contributed by atoms with Gasteiger partial charge in [0.1, 0.15) is 11.6 Å². The van der Waals surface area contributed by atoms with Crippen molar-refractivity contribution in [3.8, 4) is 0 Å². The Labute approximate surface area is 211 Å². The van der Waals surface area contributed by atoms with Crippen molar-refractivity contribution in [1.82, 2.24) is 28.5 Å². The number of hydrogen-bond acceptors (Lipinski definition) is 7. The molecule has 190 valence electrons. The van der Waals surface area contributed by atoms with Crippen molar-refractivity contribution in [2.45, 2.75) is 31.2 Å². The summed E-state index contributed by atoms with van der Waals surface area (Å²) < 4.78 is 57.6. The van der Waals surface area contributed by atoms with E-state index in [9.17, 15) is 17.2 Å². The fourth-order valence-corrected chi connectivity index (χ4v) is 5.30. The van der Waals surface area contributed by atoms with Gasteiger partial charge in [-0.05, 0) is 32.0 Å². The molecule has 0 aliphatic heterocycles. The van der Waals surface area contributed by atoms with Crippen molar-refractivity contribution in [3.05, 3.63) is 95.6 Å². The van der Waals surface area contributed by atoms with Gasteiger partial charge in [0.2, 0.25) is 5.95 Å². The lowest BCUT2D eigenvalue weighted by Gasteiger charge is -2.15. The van der Waals surface area contributed by atoms with Gasteiger partial charge in [-0.25, -0.2) is 31.1 Å². The summed E-state index contributed by atoms with van der Waals surface area (Å²) in [6.07, 6.45) is 6.16. The van der Waals surface area contributed by atoms with Gasteiger partial charge >= 0.3 is 0 Å². The maximum absolute atomic E-state index is 14.3. The van der Waals surface area contributed by atoms with Gasteiger partial charge in [0, 0.05) is 37.3 Å². The van der Waals surface area contributed by atoms with E-state index in [1.165, 1.54) is 18.3 Å². The predicted molar refractivity (Wildman–Crippen MR) is 133 cm³/mol. The molecule has 0 radical (unpaired) electrons. The first kappa shape index (κ1) is 24.5. The highest BCUT2D eigenvalue weighted by Gasteiger charge is 2.23. The van der Waals surface area contributed by atoms with Crippen LogP contribution in [0.3, 0.4) is 0 Å². The summed E-state index contributed by atoms with van der Waals surface area (Å²) in [6.45, 7) is 3.49. The second kappa shape index (κ2) is 9.36. The monoisotopic (exact) mass is 523 g/mol. The van der Waals surface area contributed by atoms with Crippen molar-refractivity contribution in [1.29, 1.82) is 0 Å². The molecule has 0 amide bonds. The predicted octanol–water partition coefficient (Wildman–Crippen LogP) is 4.15. The number of benzene rings is 1. The molecule has 1 N–H and O–H groups in total. The van der Waals surface area contributed by atoms with E-state index in [4.69, 9.17) is 0 Å². The van der Waals surface area contributed by atoms with Gasteiger partial charge in [0.05, 0.1) is 40.5 Å². The summed E-state index contributed by atoms with van der Waals surface area (Å²) in [5.74, 6) is -1.54. The van der Waals surface area contributed by atoms with Crippen LogP contribution in [0, 0.1) is 18.6 Å². The number of nitrogens with one attached hydrogen (secondary N) is 1. The zero-order valence-corrected chi connectivity index (χ0v) is 21.0. The highest BCUT2D eigenvalue weighted by molar-refractivity contribution is 7.90. The Morgan fingerprint density at radius 1 is 1.08 bits per heavy atom. The van der Waals surface area contributed by atoms with Crippen LogP contribution in [0.15, 0.2) is 66.2 Å². The van der Waals surface area contributed by atoms with Crippen LogP contribution < -0.4 is 5.32 Å². The third-order valence-electron chi connectivity index (χ3n) is 5.87. The van der Waals surface area contributed by atoms with E-state index in [1.807, 2.05) is 20.2 Å². The Balaban J connectivity index is 1.62. The average molecular weight is 524 g/mol. The van der Waals surface area contributed by atoms with Gasteiger partial charge in [0.15, 0.2) is 5.65 Å². The quantitative estimate of drug-likeness (QED) is 0.342. The molecule has 9 nitrogen and oxygen atoms in total. The lowest BCUT2D eigenvalue weighted by Crippen LogP contribution is -2.16. The van der Waals surface area contributed by atoms with Crippen molar-refractivity contribution in [3.63, 3.8) is 0 Å². The van der Waals surface area contributed by atoms with E-state index in [2.05, 4.69) is 25.3 Å². The summed E-state index contributed by atoms with van der Waals surface area (Å²) >= 11 is 0. The van der Waals surface area contributed by atoms with Crippen LogP contribution in [0.1, 0.15) is 35.6 Å². The van der Waals surface area contributed by atoms with Crippen LogP contribution in [0.5, 0.6) is 0 Å². The number of halogens is 2. The third kappa shape index (κ3) is 4.79. The summed E-state index contributed by atoms with van der Waals surface area (Å²) in [4.78, 5) is 17.4. The van der Waals surface area contributed by atoms with Gasteiger partial charge in [0.25, 0.3) is 10.0 Å². The van der Waals surface area contributed by atoms with Gasteiger partial charge in [-0.3, -0.25) is 4.98 Å². The molecule has 1 atom stereocenters. The van der Waals surface area contributed by atoms with Gasteiger partial charge < -0.3 is 9.88 Å². The highest BCUT2D eigenvalue weighted by atomic mass is 32.2. The number of nitrogens with zero attached hydrogens (tertiary/aromatic N) is 6. The molecule has 4 heterocycles. The molecule has 37 heavy (non-hydrogen) atoms. The minimum atomic E-state index is -3.97. The number of aryl methyl sites for hydroxylation is 2. The van der Waals surface area contributed by atoms with Gasteiger partial charge in [-0.1, -0.05) is 17.7 Å². The average Bonchev–Trinajstić information content (AvgIpc) is 3.45. The minimum absolute atomic E-state index is 0.0287. The first-order valence-corrected chi connectivity index (χ1v) is 12.8. The number of anilines is 1. The summed E-state index contributed by atoms with van der Waals surface area (Å²) in [5.41, 5.74) is 2.31. The molecule has 12 heteroatoms. The fourth-order valence-electron chi connectivity index (χ4n) is 4.01. The zero-order chi connectivity index (χ0) is 26.3. The standard InChI is InChI=1S/C25H23F2N7O2S/c1-15-4-6-19(7-5-15)37(35,36)34-9-8-20-22(11-18-13-33(3)14-29-18)31-25(32-24(20)34)30-16(2)23-21(27)10-17(26)12-28-23/h4-10,12-14,16H,11H2,1-3H3,(H,30,31,32). The molecule has 1 unspecified atom stereocenters. The number of pyridine rings is 1. The number of imidazole rings is 1. The number of hydrogen-bond donors (Lipinski definition) is 1. The van der Waals surface area contributed by atoms with Crippen molar-refractivity contribution < 1.29 is 17.2 Å². The minimum Gasteiger partial charge on any atom is -0.346 e. The van der Waals surface area contributed by atoms with Gasteiger partial charge in [-0.2, -0.15) is 4.98 Å². The molecular formula is C25H23F2N7O2S. The van der Waals surface area contributed by atoms with Crippen LogP contribution in [-0.2, 0) is 23.5 Å². The Bertz CT molecular complexity index is 1710. The van der Waals surface area contributed by atoms with Crippen LogP contribution in [0.25, 0.3) is 11.0 Å². The summed E-state index contributed by atoms with van der Waals surface area (Å²) in [7, 11) is -2.13. The molecule has 0 saturated heterocycles. The van der Waals surface area contributed by atoms with Crippen LogP contribution in [-0.4, -0.2) is 36.9 Å². The Morgan fingerprint density at radius 3 is 2.51 bits per heavy atom. The second-order valence-corrected chi connectivity index (χ2v) is 10.6. The number of aromatic nitrogens is 6. The third-order valence-corrected chi connectivity index (χ3v) is 7.55. The molecule has 0 fully saturated rings. The lowest BCUT2D eigenvalue weighted by atomic mass is 10.2. The zero-order valence-electron chi connectivity index (χ0n) is 20.2. The van der Waals surface area contributed by atoms with E-state index in [0.717, 1.165) is 27.5 Å². The van der Waals surface area contributed by atoms with Crippen LogP contribution in [0.2, 0.25) is 0 Å². The molecule has 0 bridgehead atoms. The topological polar surface area (TPSA) is 108 Å². The van der Waals surface area contributed by atoms with Crippen LogP contribution in [0.4, 0.5) is 14.7 Å². The maximum atomic E-state index is 14.3. The lowest BCUT2D eigenvalue weighted by molar-refractivity contribution is 0.549. The molecule has 0 aliphatic carbocycles. The van der Waals surface area contributed by atoms with Crippen LogP contribution >= 0.6 is 0 Å². The SMILES string of the molecule is Cc1ccc(S(=O)(=O)n2ccc3c(Cc4cn(C)cn4)nc(NC(C)c4ncc(F)cc4F)nc32)cc1. The first-order valence-electron chi connectivity index (χ1n) is 11.4. The molecule has 1 aromatic carbocycles. The highest BCUT2D eigenvalue weighted by Crippen LogP contribution is 2.27. The second-order valence-electron chi connectivity index (χ2n) is 8.75. The molecule has 5 aromatic rings. The summed E-state index contributed by atoms with van der Waals surface area (Å²) in [6, 6.07) is 8.17. The van der Waals surface area contributed by atoms with E-state index >= 15 is 0 Å². The summed E-state index contributed by atoms with van der Waals surface area (Å²) in [5, 5.41) is 3.51. The fraction of sp³-hybridized carbons (Fsp3) is 0.200. The largest absolute Gasteiger partial charge is 0.346 e. The number of rotatable bonds is 7. The van der Waals surface area contributed by atoms with Crippen molar-refractivity contribution in [2.24, 2.45) is 7.05 Å². The van der Waals surface area contributed by atoms with E-state index in [-0.39, 0.29) is 22.2 Å². The van der Waals surface area contributed by atoms with Gasteiger partial charge in [-0.15, -0.1) is 0 Å². The Morgan fingerprint density at radius 2 is 1.84 bits per heavy atom. The smallest absolute Gasteiger partial charge is 0.269 e.